The van der Waals surface area contributed by atoms with E-state index in [0.29, 0.717) is 17.1 Å². The molecule has 0 unspecified atom stereocenters. The van der Waals surface area contributed by atoms with Crippen molar-refractivity contribution in [3.05, 3.63) is 62.1 Å². The summed E-state index contributed by atoms with van der Waals surface area (Å²) in [6, 6.07) is 10.1. The maximum Gasteiger partial charge on any atom is 0.269 e. The fraction of sp³-hybridized carbons (Fsp3) is 0.200. The number of ether oxygens (including phenoxy) is 1. The zero-order valence-electron chi connectivity index (χ0n) is 11.7. The molecule has 0 heterocycles. The minimum atomic E-state index is -0.426. The topological polar surface area (TPSA) is 78.4 Å². The quantitative estimate of drug-likeness (QED) is 0.651. The second-order valence-electron chi connectivity index (χ2n) is 4.79. The molecule has 1 atom stereocenters. The highest BCUT2D eigenvalue weighted by Crippen LogP contribution is 2.34. The molecule has 0 aliphatic heterocycles. The molecule has 0 aliphatic rings. The second-order valence-corrected chi connectivity index (χ2v) is 5.64. The Bertz CT molecular complexity index is 687. The van der Waals surface area contributed by atoms with Gasteiger partial charge in [0.15, 0.2) is 0 Å². The molecule has 2 N–H and O–H groups in total. The molecule has 110 valence electrons. The minimum absolute atomic E-state index is 0.0474. The lowest BCUT2D eigenvalue weighted by Gasteiger charge is -2.12. The lowest BCUT2D eigenvalue weighted by Crippen LogP contribution is -2.04. The van der Waals surface area contributed by atoms with E-state index in [1.807, 2.05) is 25.1 Å². The SMILES string of the molecule is Cc1cc([N+](=O)[O-])ccc1Oc1ccc([C@H](C)N)cc1Br. The van der Waals surface area contributed by atoms with Gasteiger partial charge in [0.25, 0.3) is 5.69 Å². The van der Waals surface area contributed by atoms with Crippen LogP contribution in [0.15, 0.2) is 40.9 Å². The van der Waals surface area contributed by atoms with E-state index in [-0.39, 0.29) is 11.7 Å². The van der Waals surface area contributed by atoms with Crippen LogP contribution in [0, 0.1) is 17.0 Å². The van der Waals surface area contributed by atoms with Gasteiger partial charge in [-0.25, -0.2) is 0 Å². The van der Waals surface area contributed by atoms with Crippen molar-refractivity contribution < 1.29 is 9.66 Å². The van der Waals surface area contributed by atoms with Crippen molar-refractivity contribution >= 4 is 21.6 Å². The van der Waals surface area contributed by atoms with Gasteiger partial charge in [-0.3, -0.25) is 10.1 Å². The Kier molecular flexibility index (Phi) is 4.59. The highest BCUT2D eigenvalue weighted by atomic mass is 79.9. The van der Waals surface area contributed by atoms with Crippen molar-refractivity contribution in [2.24, 2.45) is 5.73 Å². The smallest absolute Gasteiger partial charge is 0.269 e. The Morgan fingerprint density at radius 2 is 1.90 bits per heavy atom. The summed E-state index contributed by atoms with van der Waals surface area (Å²) >= 11 is 3.45. The van der Waals surface area contributed by atoms with E-state index >= 15 is 0 Å². The first-order valence-electron chi connectivity index (χ1n) is 6.36. The third-order valence-corrected chi connectivity index (χ3v) is 3.69. The van der Waals surface area contributed by atoms with E-state index in [4.69, 9.17) is 10.5 Å². The molecule has 2 aromatic carbocycles. The largest absolute Gasteiger partial charge is 0.456 e. The molecule has 21 heavy (non-hydrogen) atoms. The number of rotatable bonds is 4. The Balaban J connectivity index is 2.28. The van der Waals surface area contributed by atoms with E-state index < -0.39 is 4.92 Å². The molecule has 0 saturated carbocycles. The van der Waals surface area contributed by atoms with Crippen LogP contribution >= 0.6 is 15.9 Å². The van der Waals surface area contributed by atoms with Crippen LogP contribution < -0.4 is 10.5 Å². The van der Waals surface area contributed by atoms with Crippen molar-refractivity contribution in [3.63, 3.8) is 0 Å². The summed E-state index contributed by atoms with van der Waals surface area (Å²) in [6.07, 6.45) is 0. The number of benzene rings is 2. The number of aryl methyl sites for hydroxylation is 1. The number of nitro groups is 1. The maximum absolute atomic E-state index is 10.7. The van der Waals surface area contributed by atoms with Crippen LogP contribution in [0.1, 0.15) is 24.1 Å². The van der Waals surface area contributed by atoms with E-state index in [2.05, 4.69) is 15.9 Å². The Hall–Kier alpha value is -1.92. The zero-order chi connectivity index (χ0) is 15.6. The Morgan fingerprint density at radius 3 is 2.43 bits per heavy atom. The van der Waals surface area contributed by atoms with Gasteiger partial charge >= 0.3 is 0 Å². The zero-order valence-corrected chi connectivity index (χ0v) is 13.3. The number of hydrogen-bond acceptors (Lipinski definition) is 4. The lowest BCUT2D eigenvalue weighted by molar-refractivity contribution is -0.384. The van der Waals surface area contributed by atoms with Gasteiger partial charge in [-0.1, -0.05) is 6.07 Å². The van der Waals surface area contributed by atoms with Gasteiger partial charge in [-0.05, 0) is 59.1 Å². The first-order chi connectivity index (χ1) is 9.88. The van der Waals surface area contributed by atoms with Crippen molar-refractivity contribution in [2.75, 3.05) is 0 Å². The van der Waals surface area contributed by atoms with E-state index in [1.165, 1.54) is 12.1 Å². The predicted octanol–water partition coefficient (Wildman–Crippen LogP) is 4.48. The molecule has 6 heteroatoms. The summed E-state index contributed by atoms with van der Waals surface area (Å²) in [5.41, 5.74) is 7.57. The highest BCUT2D eigenvalue weighted by molar-refractivity contribution is 9.10. The lowest BCUT2D eigenvalue weighted by atomic mass is 10.1. The van der Waals surface area contributed by atoms with Crippen LogP contribution in [0.3, 0.4) is 0 Å². The molecule has 0 spiro atoms. The standard InChI is InChI=1S/C15H15BrN2O3/c1-9-7-12(18(19)20)4-6-14(9)21-15-5-3-11(10(2)17)8-13(15)16/h3-8,10H,17H2,1-2H3/t10-/m0/s1. The average molecular weight is 351 g/mol. The molecule has 0 bridgehead atoms. The predicted molar refractivity (Wildman–Crippen MR) is 84.7 cm³/mol. The Labute approximate surface area is 131 Å². The van der Waals surface area contributed by atoms with Crippen LogP contribution in [-0.2, 0) is 0 Å². The highest BCUT2D eigenvalue weighted by Gasteiger charge is 2.11. The average Bonchev–Trinajstić information content (AvgIpc) is 2.42. The molecule has 0 saturated heterocycles. The van der Waals surface area contributed by atoms with Crippen LogP contribution in [0.4, 0.5) is 5.69 Å². The first kappa shape index (κ1) is 15.5. The number of nitrogens with two attached hydrogens (primary N) is 1. The van der Waals surface area contributed by atoms with Gasteiger partial charge in [0.05, 0.1) is 9.40 Å². The summed E-state index contributed by atoms with van der Waals surface area (Å²) in [4.78, 5) is 10.3. The number of nitro benzene ring substituents is 1. The number of non-ortho nitro benzene ring substituents is 1. The molecular formula is C15H15BrN2O3. The number of halogens is 1. The summed E-state index contributed by atoms with van der Waals surface area (Å²) in [5.74, 6) is 1.21. The van der Waals surface area contributed by atoms with Gasteiger partial charge < -0.3 is 10.5 Å². The first-order valence-corrected chi connectivity index (χ1v) is 7.15. The van der Waals surface area contributed by atoms with Gasteiger partial charge in [0, 0.05) is 18.2 Å². The van der Waals surface area contributed by atoms with Crippen LogP contribution in [0.25, 0.3) is 0 Å². The van der Waals surface area contributed by atoms with E-state index in [1.54, 1.807) is 13.0 Å². The summed E-state index contributed by atoms with van der Waals surface area (Å²) < 4.78 is 6.59. The van der Waals surface area contributed by atoms with Crippen LogP contribution in [0.5, 0.6) is 11.5 Å². The third kappa shape index (κ3) is 3.59. The second kappa shape index (κ2) is 6.24. The molecule has 0 aliphatic carbocycles. The van der Waals surface area contributed by atoms with Gasteiger partial charge in [0.2, 0.25) is 0 Å². The van der Waals surface area contributed by atoms with Crippen LogP contribution in [-0.4, -0.2) is 4.92 Å². The molecule has 0 radical (unpaired) electrons. The number of hydrogen-bond donors (Lipinski definition) is 1. The summed E-state index contributed by atoms with van der Waals surface area (Å²) in [6.45, 7) is 3.68. The van der Waals surface area contributed by atoms with Crippen molar-refractivity contribution in [3.8, 4) is 11.5 Å². The van der Waals surface area contributed by atoms with E-state index in [9.17, 15) is 10.1 Å². The molecule has 0 fully saturated rings. The molecule has 0 amide bonds. The Morgan fingerprint density at radius 1 is 1.24 bits per heavy atom. The fourth-order valence-electron chi connectivity index (χ4n) is 1.86. The van der Waals surface area contributed by atoms with Gasteiger partial charge in [-0.2, -0.15) is 0 Å². The third-order valence-electron chi connectivity index (χ3n) is 3.07. The normalized spacial score (nSPS) is 12.0. The maximum atomic E-state index is 10.7. The molecular weight excluding hydrogens is 336 g/mol. The number of nitrogens with zero attached hydrogens (tertiary/aromatic N) is 1. The summed E-state index contributed by atoms with van der Waals surface area (Å²) in [5, 5.41) is 10.7. The molecule has 2 rings (SSSR count). The van der Waals surface area contributed by atoms with E-state index in [0.717, 1.165) is 10.0 Å². The van der Waals surface area contributed by atoms with Gasteiger partial charge in [0.1, 0.15) is 11.5 Å². The van der Waals surface area contributed by atoms with Crippen molar-refractivity contribution in [1.29, 1.82) is 0 Å². The minimum Gasteiger partial charge on any atom is -0.456 e. The molecule has 0 aromatic heterocycles. The monoisotopic (exact) mass is 350 g/mol. The molecule has 2 aromatic rings. The van der Waals surface area contributed by atoms with Gasteiger partial charge in [-0.15, -0.1) is 0 Å². The van der Waals surface area contributed by atoms with Crippen LogP contribution in [0.2, 0.25) is 0 Å². The fourth-order valence-corrected chi connectivity index (χ4v) is 2.34. The van der Waals surface area contributed by atoms with Crippen molar-refractivity contribution in [1.82, 2.24) is 0 Å². The van der Waals surface area contributed by atoms with Crippen molar-refractivity contribution in [2.45, 2.75) is 19.9 Å². The summed E-state index contributed by atoms with van der Waals surface area (Å²) in [7, 11) is 0. The molecule has 5 nitrogen and oxygen atoms in total.